The molecule has 0 bridgehead atoms. The van der Waals surface area contributed by atoms with Gasteiger partial charge in [0.15, 0.2) is 0 Å². The third kappa shape index (κ3) is 3.97. The lowest BCUT2D eigenvalue weighted by Crippen LogP contribution is -2.27. The molecule has 0 radical (unpaired) electrons. The van der Waals surface area contributed by atoms with Gasteiger partial charge in [0.05, 0.1) is 0 Å². The molecule has 0 spiro atoms. The second-order valence-electron chi connectivity index (χ2n) is 4.99. The van der Waals surface area contributed by atoms with Crippen LogP contribution in [0, 0.1) is 13.8 Å². The number of hydrogen-bond donors (Lipinski definition) is 1. The van der Waals surface area contributed by atoms with Gasteiger partial charge in [-0.2, -0.15) is 0 Å². The highest BCUT2D eigenvalue weighted by Gasteiger charge is 2.05. The Kier molecular flexibility index (Phi) is 4.56. The fourth-order valence-corrected chi connectivity index (χ4v) is 3.10. The lowest BCUT2D eigenvalue weighted by atomic mass is 10.1. The van der Waals surface area contributed by atoms with Crippen LogP contribution >= 0.6 is 11.3 Å². The zero-order valence-electron chi connectivity index (χ0n) is 11.4. The number of nitrogens with one attached hydrogen (secondary N) is 1. The van der Waals surface area contributed by atoms with Crippen molar-refractivity contribution in [2.75, 3.05) is 0 Å². The first kappa shape index (κ1) is 13.3. The molecule has 2 heteroatoms. The minimum absolute atomic E-state index is 0.517. The zero-order chi connectivity index (χ0) is 13.0. The molecule has 2 rings (SSSR count). The van der Waals surface area contributed by atoms with Crippen molar-refractivity contribution < 1.29 is 0 Å². The van der Waals surface area contributed by atoms with Gasteiger partial charge in [-0.05, 0) is 44.9 Å². The second kappa shape index (κ2) is 6.17. The number of aryl methyl sites for hydroxylation is 2. The van der Waals surface area contributed by atoms with E-state index in [4.69, 9.17) is 0 Å². The van der Waals surface area contributed by atoms with Gasteiger partial charge in [0.1, 0.15) is 0 Å². The number of benzene rings is 1. The molecular formula is C16H21NS. The Balaban J connectivity index is 1.83. The molecule has 1 N–H and O–H groups in total. The minimum Gasteiger partial charge on any atom is -0.310 e. The Morgan fingerprint density at radius 3 is 2.67 bits per heavy atom. The maximum absolute atomic E-state index is 3.59. The lowest BCUT2D eigenvalue weighted by Gasteiger charge is -2.13. The average molecular weight is 259 g/mol. The van der Waals surface area contributed by atoms with E-state index in [0.717, 1.165) is 13.0 Å². The predicted octanol–water partition coefficient (Wildman–Crippen LogP) is 4.09. The highest BCUT2D eigenvalue weighted by Crippen LogP contribution is 2.16. The van der Waals surface area contributed by atoms with E-state index in [9.17, 15) is 0 Å². The fourth-order valence-electron chi connectivity index (χ4n) is 2.08. The number of rotatable bonds is 5. The molecule has 0 aliphatic rings. The molecule has 18 heavy (non-hydrogen) atoms. The van der Waals surface area contributed by atoms with E-state index in [1.165, 1.54) is 20.9 Å². The highest BCUT2D eigenvalue weighted by molar-refractivity contribution is 7.11. The van der Waals surface area contributed by atoms with Gasteiger partial charge in [-0.1, -0.05) is 29.8 Å². The first-order valence-electron chi connectivity index (χ1n) is 6.48. The second-order valence-corrected chi connectivity index (χ2v) is 6.36. The molecule has 0 aliphatic carbocycles. The van der Waals surface area contributed by atoms with Crippen LogP contribution in [-0.4, -0.2) is 6.04 Å². The maximum Gasteiger partial charge on any atom is 0.0208 e. The van der Waals surface area contributed by atoms with Gasteiger partial charge in [-0.25, -0.2) is 0 Å². The molecular weight excluding hydrogens is 238 g/mol. The van der Waals surface area contributed by atoms with Gasteiger partial charge in [0.2, 0.25) is 0 Å². The topological polar surface area (TPSA) is 12.0 Å². The summed E-state index contributed by atoms with van der Waals surface area (Å²) < 4.78 is 0. The summed E-state index contributed by atoms with van der Waals surface area (Å²) in [5.74, 6) is 0. The third-order valence-corrected chi connectivity index (χ3v) is 4.06. The van der Waals surface area contributed by atoms with E-state index in [-0.39, 0.29) is 0 Å². The van der Waals surface area contributed by atoms with Crippen molar-refractivity contribution in [1.29, 1.82) is 0 Å². The summed E-state index contributed by atoms with van der Waals surface area (Å²) >= 11 is 1.90. The van der Waals surface area contributed by atoms with Gasteiger partial charge in [-0.15, -0.1) is 11.3 Å². The van der Waals surface area contributed by atoms with Crippen LogP contribution in [0.2, 0.25) is 0 Å². The van der Waals surface area contributed by atoms with Gasteiger partial charge < -0.3 is 5.32 Å². The van der Waals surface area contributed by atoms with Crippen LogP contribution in [0.3, 0.4) is 0 Å². The van der Waals surface area contributed by atoms with Crippen LogP contribution in [0.25, 0.3) is 0 Å². The van der Waals surface area contributed by atoms with Crippen LogP contribution in [0.15, 0.2) is 36.4 Å². The Morgan fingerprint density at radius 2 is 2.00 bits per heavy atom. The average Bonchev–Trinajstić information content (AvgIpc) is 2.72. The van der Waals surface area contributed by atoms with Crippen molar-refractivity contribution in [2.24, 2.45) is 0 Å². The minimum atomic E-state index is 0.517. The Morgan fingerprint density at radius 1 is 1.17 bits per heavy atom. The van der Waals surface area contributed by atoms with E-state index < -0.39 is 0 Å². The molecule has 0 aliphatic heterocycles. The molecule has 1 aromatic carbocycles. The summed E-state index contributed by atoms with van der Waals surface area (Å²) in [5, 5.41) is 3.59. The van der Waals surface area contributed by atoms with E-state index in [1.807, 2.05) is 11.3 Å². The third-order valence-electron chi connectivity index (χ3n) is 3.04. The van der Waals surface area contributed by atoms with Crippen LogP contribution in [0.1, 0.15) is 27.8 Å². The molecule has 1 atom stereocenters. The van der Waals surface area contributed by atoms with E-state index in [2.05, 4.69) is 62.5 Å². The largest absolute Gasteiger partial charge is 0.310 e. The highest BCUT2D eigenvalue weighted by atomic mass is 32.1. The Labute approximate surface area is 114 Å². The normalized spacial score (nSPS) is 12.6. The lowest BCUT2D eigenvalue weighted by molar-refractivity contribution is 0.548. The van der Waals surface area contributed by atoms with E-state index in [1.54, 1.807) is 0 Å². The van der Waals surface area contributed by atoms with Gasteiger partial charge >= 0.3 is 0 Å². The SMILES string of the molecule is Cc1cccc(CNC(C)Cc2ccc(C)s2)c1. The van der Waals surface area contributed by atoms with Crippen molar-refractivity contribution in [2.45, 2.75) is 39.8 Å². The van der Waals surface area contributed by atoms with Crippen molar-refractivity contribution in [3.63, 3.8) is 0 Å². The van der Waals surface area contributed by atoms with E-state index >= 15 is 0 Å². The van der Waals surface area contributed by atoms with Crippen LogP contribution in [-0.2, 0) is 13.0 Å². The molecule has 0 saturated carbocycles. The molecule has 1 heterocycles. The van der Waals surface area contributed by atoms with Crippen LogP contribution < -0.4 is 5.32 Å². The molecule has 0 saturated heterocycles. The number of thiophene rings is 1. The first-order valence-corrected chi connectivity index (χ1v) is 7.29. The quantitative estimate of drug-likeness (QED) is 0.853. The van der Waals surface area contributed by atoms with Gasteiger partial charge in [0, 0.05) is 22.3 Å². The molecule has 96 valence electrons. The van der Waals surface area contributed by atoms with Crippen molar-refractivity contribution >= 4 is 11.3 Å². The summed E-state index contributed by atoms with van der Waals surface area (Å²) in [6.07, 6.45) is 1.12. The molecule has 0 amide bonds. The summed E-state index contributed by atoms with van der Waals surface area (Å²) in [6, 6.07) is 13.7. The zero-order valence-corrected chi connectivity index (χ0v) is 12.2. The smallest absolute Gasteiger partial charge is 0.0208 e. The molecule has 1 nitrogen and oxygen atoms in total. The van der Waals surface area contributed by atoms with Crippen molar-refractivity contribution in [3.8, 4) is 0 Å². The van der Waals surface area contributed by atoms with Crippen molar-refractivity contribution in [3.05, 3.63) is 57.3 Å². The van der Waals surface area contributed by atoms with Crippen LogP contribution in [0.5, 0.6) is 0 Å². The van der Waals surface area contributed by atoms with Crippen molar-refractivity contribution in [1.82, 2.24) is 5.32 Å². The summed E-state index contributed by atoms with van der Waals surface area (Å²) in [6.45, 7) is 7.51. The fraction of sp³-hybridized carbons (Fsp3) is 0.375. The molecule has 2 aromatic rings. The number of hydrogen-bond acceptors (Lipinski definition) is 2. The first-order chi connectivity index (χ1) is 8.63. The summed E-state index contributed by atoms with van der Waals surface area (Å²) in [5.41, 5.74) is 2.69. The standard InChI is InChI=1S/C16H21NS/c1-12-5-4-6-15(9-12)11-17-13(2)10-16-8-7-14(3)18-16/h4-9,13,17H,10-11H2,1-3H3. The monoisotopic (exact) mass is 259 g/mol. The Hall–Kier alpha value is -1.12. The summed E-state index contributed by atoms with van der Waals surface area (Å²) in [7, 11) is 0. The molecule has 0 fully saturated rings. The summed E-state index contributed by atoms with van der Waals surface area (Å²) in [4.78, 5) is 2.87. The van der Waals surface area contributed by atoms with E-state index in [0.29, 0.717) is 6.04 Å². The van der Waals surface area contributed by atoms with Gasteiger partial charge in [0.25, 0.3) is 0 Å². The van der Waals surface area contributed by atoms with Crippen LogP contribution in [0.4, 0.5) is 0 Å². The maximum atomic E-state index is 3.59. The molecule has 1 unspecified atom stereocenters. The Bertz CT molecular complexity index is 501. The van der Waals surface area contributed by atoms with Gasteiger partial charge in [-0.3, -0.25) is 0 Å². The predicted molar refractivity (Wildman–Crippen MR) is 80.2 cm³/mol. The molecule has 1 aromatic heterocycles.